The van der Waals surface area contributed by atoms with Crippen molar-refractivity contribution in [3.05, 3.63) is 58.4 Å². The van der Waals surface area contributed by atoms with E-state index in [0.717, 1.165) is 17.8 Å². The summed E-state index contributed by atoms with van der Waals surface area (Å²) < 4.78 is 31.5. The second-order valence-electron chi connectivity index (χ2n) is 5.48. The number of methoxy groups -OCH3 is 1. The van der Waals surface area contributed by atoms with Crippen LogP contribution in [0.5, 0.6) is 0 Å². The molecule has 0 N–H and O–H groups in total. The Balaban J connectivity index is 2.12. The summed E-state index contributed by atoms with van der Waals surface area (Å²) in [4.78, 5) is 29.4. The van der Waals surface area contributed by atoms with Crippen LogP contribution in [-0.2, 0) is 20.9 Å². The zero-order valence-corrected chi connectivity index (χ0v) is 16.2. The third-order valence-corrected chi connectivity index (χ3v) is 5.04. The molecule has 10 heteroatoms. The number of esters is 1. The minimum Gasteiger partial charge on any atom is -0.468 e. The molecule has 0 aliphatic carbocycles. The van der Waals surface area contributed by atoms with E-state index in [1.54, 1.807) is 6.07 Å². The number of benzene rings is 1. The van der Waals surface area contributed by atoms with E-state index in [0.29, 0.717) is 11.6 Å². The van der Waals surface area contributed by atoms with Gasteiger partial charge in [0, 0.05) is 23.7 Å². The summed E-state index contributed by atoms with van der Waals surface area (Å²) in [6, 6.07) is 6.65. The topological polar surface area (TPSA) is 83.3 Å². The van der Waals surface area contributed by atoms with Gasteiger partial charge in [-0.05, 0) is 17.7 Å². The van der Waals surface area contributed by atoms with Crippen LogP contribution >= 0.6 is 23.4 Å². The Kier molecular flexibility index (Phi) is 7.72. The molecule has 0 aliphatic heterocycles. The van der Waals surface area contributed by atoms with E-state index in [4.69, 9.17) is 16.9 Å². The first-order chi connectivity index (χ1) is 13.3. The van der Waals surface area contributed by atoms with Gasteiger partial charge in [0.25, 0.3) is 0 Å². The highest BCUT2D eigenvalue weighted by atomic mass is 35.5. The van der Waals surface area contributed by atoms with Gasteiger partial charge in [0.15, 0.2) is 0 Å². The molecule has 0 fully saturated rings. The molecule has 0 spiro atoms. The number of amides is 1. The molecule has 0 radical (unpaired) electrons. The molecule has 2 rings (SSSR count). The maximum Gasteiger partial charge on any atom is 0.325 e. The molecule has 1 amide bonds. The smallest absolute Gasteiger partial charge is 0.325 e. The molecule has 0 saturated carbocycles. The van der Waals surface area contributed by atoms with Crippen molar-refractivity contribution in [1.29, 1.82) is 5.26 Å². The monoisotopic (exact) mass is 425 g/mol. The normalized spacial score (nSPS) is 10.2. The summed E-state index contributed by atoms with van der Waals surface area (Å²) >= 11 is 6.65. The maximum absolute atomic E-state index is 13.5. The van der Waals surface area contributed by atoms with Gasteiger partial charge in [-0.3, -0.25) is 9.59 Å². The Labute approximate surface area is 169 Å². The summed E-state index contributed by atoms with van der Waals surface area (Å²) in [6.07, 6.45) is 1.42. The lowest BCUT2D eigenvalue weighted by Crippen LogP contribution is -2.36. The number of hydrogen-bond acceptors (Lipinski definition) is 6. The summed E-state index contributed by atoms with van der Waals surface area (Å²) in [5, 5.41) is 8.50. The fourth-order valence-corrected chi connectivity index (χ4v) is 3.28. The van der Waals surface area contributed by atoms with Crippen molar-refractivity contribution >= 4 is 35.2 Å². The summed E-state index contributed by atoms with van der Waals surface area (Å²) in [5.41, 5.74) is 0.809. The minimum atomic E-state index is -0.924. The molecule has 146 valence electrons. The molecule has 0 bridgehead atoms. The van der Waals surface area contributed by atoms with Crippen molar-refractivity contribution in [3.8, 4) is 6.07 Å². The van der Waals surface area contributed by atoms with Crippen molar-refractivity contribution in [2.45, 2.75) is 11.4 Å². The predicted octanol–water partition coefficient (Wildman–Crippen LogP) is 3.18. The molecule has 1 aromatic heterocycles. The summed E-state index contributed by atoms with van der Waals surface area (Å²) in [7, 11) is 1.19. The van der Waals surface area contributed by atoms with Crippen molar-refractivity contribution in [1.82, 2.24) is 9.88 Å². The third-order valence-electron chi connectivity index (χ3n) is 3.52. The van der Waals surface area contributed by atoms with Crippen LogP contribution in [0.4, 0.5) is 8.78 Å². The molecule has 1 heterocycles. The summed E-state index contributed by atoms with van der Waals surface area (Å²) in [5.74, 6) is -3.04. The molecule has 0 atom stereocenters. The lowest BCUT2D eigenvalue weighted by atomic mass is 10.2. The van der Waals surface area contributed by atoms with Crippen LogP contribution in [0, 0.1) is 23.0 Å². The molecule has 1 aromatic carbocycles. The van der Waals surface area contributed by atoms with Crippen molar-refractivity contribution in [2.24, 2.45) is 0 Å². The number of nitrogens with zero attached hydrogens (tertiary/aromatic N) is 3. The van der Waals surface area contributed by atoms with E-state index < -0.39 is 23.5 Å². The second-order valence-corrected chi connectivity index (χ2v) is 6.87. The Hall–Kier alpha value is -2.70. The van der Waals surface area contributed by atoms with Crippen LogP contribution in [0.3, 0.4) is 0 Å². The van der Waals surface area contributed by atoms with Gasteiger partial charge >= 0.3 is 5.97 Å². The third kappa shape index (κ3) is 5.90. The van der Waals surface area contributed by atoms with Crippen LogP contribution in [-0.4, -0.2) is 41.2 Å². The number of nitriles is 1. The van der Waals surface area contributed by atoms with E-state index >= 15 is 0 Å². The molecule has 0 saturated heterocycles. The van der Waals surface area contributed by atoms with E-state index in [1.807, 2.05) is 6.07 Å². The van der Waals surface area contributed by atoms with E-state index in [1.165, 1.54) is 24.3 Å². The highest BCUT2D eigenvalue weighted by Crippen LogP contribution is 2.30. The molecule has 0 aliphatic rings. The van der Waals surface area contributed by atoms with Gasteiger partial charge in [-0.1, -0.05) is 17.7 Å². The van der Waals surface area contributed by atoms with Gasteiger partial charge in [0.1, 0.15) is 29.9 Å². The van der Waals surface area contributed by atoms with Crippen LogP contribution < -0.4 is 0 Å². The van der Waals surface area contributed by atoms with Gasteiger partial charge in [-0.2, -0.15) is 5.26 Å². The van der Waals surface area contributed by atoms with Gasteiger partial charge in [-0.25, -0.2) is 13.8 Å². The Morgan fingerprint density at radius 1 is 1.36 bits per heavy atom. The lowest BCUT2D eigenvalue weighted by molar-refractivity contribution is -0.146. The van der Waals surface area contributed by atoms with Crippen molar-refractivity contribution in [3.63, 3.8) is 0 Å². The molecular formula is C18H14ClF2N3O3S. The zero-order chi connectivity index (χ0) is 20.7. The van der Waals surface area contributed by atoms with Crippen molar-refractivity contribution < 1.29 is 23.1 Å². The fourth-order valence-electron chi connectivity index (χ4n) is 2.13. The Bertz CT molecular complexity index is 920. The first kappa shape index (κ1) is 21.6. The number of aromatic nitrogens is 1. The second kappa shape index (κ2) is 10.0. The Morgan fingerprint density at radius 3 is 2.71 bits per heavy atom. The highest BCUT2D eigenvalue weighted by molar-refractivity contribution is 8.00. The van der Waals surface area contributed by atoms with Gasteiger partial charge < -0.3 is 9.64 Å². The number of rotatable bonds is 7. The molecule has 0 unspecified atom stereocenters. The van der Waals surface area contributed by atoms with Gasteiger partial charge in [0.2, 0.25) is 5.91 Å². The van der Waals surface area contributed by atoms with Crippen LogP contribution in [0.2, 0.25) is 5.02 Å². The first-order valence-electron chi connectivity index (χ1n) is 7.81. The minimum absolute atomic E-state index is 0.0401. The van der Waals surface area contributed by atoms with E-state index in [9.17, 15) is 18.4 Å². The molecule has 28 heavy (non-hydrogen) atoms. The predicted molar refractivity (Wildman–Crippen MR) is 98.5 cm³/mol. The van der Waals surface area contributed by atoms with Gasteiger partial charge in [0.05, 0.1) is 17.9 Å². The maximum atomic E-state index is 13.5. The highest BCUT2D eigenvalue weighted by Gasteiger charge is 2.20. The van der Waals surface area contributed by atoms with Crippen LogP contribution in [0.1, 0.15) is 11.3 Å². The summed E-state index contributed by atoms with van der Waals surface area (Å²) in [6.45, 7) is -0.278. The quantitative estimate of drug-likeness (QED) is 0.385. The van der Waals surface area contributed by atoms with Crippen LogP contribution in [0.15, 0.2) is 35.4 Å². The average molecular weight is 426 g/mol. The number of halogens is 3. The SMILES string of the molecule is COC(=O)CN(Cc1ccc(C#N)nc1)C(=O)CSc1cc(F)cc(F)c1Cl. The Morgan fingerprint density at radius 2 is 2.11 bits per heavy atom. The molecule has 2 aromatic rings. The largest absolute Gasteiger partial charge is 0.468 e. The zero-order valence-electron chi connectivity index (χ0n) is 14.6. The average Bonchev–Trinajstić information content (AvgIpc) is 2.69. The van der Waals surface area contributed by atoms with E-state index in [2.05, 4.69) is 9.72 Å². The lowest BCUT2D eigenvalue weighted by Gasteiger charge is -2.21. The first-order valence-corrected chi connectivity index (χ1v) is 9.17. The molecular weight excluding hydrogens is 412 g/mol. The number of hydrogen-bond donors (Lipinski definition) is 0. The number of pyridine rings is 1. The molecule has 6 nitrogen and oxygen atoms in total. The number of thioether (sulfide) groups is 1. The van der Waals surface area contributed by atoms with Gasteiger partial charge in [-0.15, -0.1) is 11.8 Å². The standard InChI is InChI=1S/C18H14ClF2N3O3S/c1-27-17(26)9-24(8-11-2-3-13(6-22)23-7-11)16(25)10-28-15-5-12(20)4-14(21)18(15)19/h2-5,7H,8-10H2,1H3. The number of ether oxygens (including phenoxy) is 1. The van der Waals surface area contributed by atoms with Crippen molar-refractivity contribution in [2.75, 3.05) is 19.4 Å². The van der Waals surface area contributed by atoms with E-state index in [-0.39, 0.29) is 34.5 Å². The number of carbonyl (C=O) groups is 2. The fraction of sp³-hybridized carbons (Fsp3) is 0.222. The number of carbonyl (C=O) groups excluding carboxylic acids is 2. The van der Waals surface area contributed by atoms with Crippen LogP contribution in [0.25, 0.3) is 0 Å².